The summed E-state index contributed by atoms with van der Waals surface area (Å²) in [5.74, 6) is 0.873. The average Bonchev–Trinajstić information content (AvgIpc) is 3.25. The minimum Gasteiger partial charge on any atom is -0.392 e. The van der Waals surface area contributed by atoms with Crippen molar-refractivity contribution in [3.05, 3.63) is 59.2 Å². The molecule has 1 amide bonds. The molecule has 2 N–H and O–H groups in total. The van der Waals surface area contributed by atoms with E-state index in [1.54, 1.807) is 0 Å². The summed E-state index contributed by atoms with van der Waals surface area (Å²) in [6.07, 6.45) is 8.43. The number of aliphatic hydroxyl groups is 2. The average molecular weight is 470 g/mol. The smallest absolute Gasteiger partial charge is 0.249 e. The minimum atomic E-state index is -0.552. The summed E-state index contributed by atoms with van der Waals surface area (Å²) in [4.78, 5) is 14.3. The fourth-order valence-corrected chi connectivity index (χ4v) is 5.81. The normalized spacial score (nSPS) is 25.3. The second-order valence-corrected chi connectivity index (χ2v) is 10.7. The third-order valence-corrected chi connectivity index (χ3v) is 7.23. The van der Waals surface area contributed by atoms with Crippen LogP contribution < -0.4 is 0 Å². The second kappa shape index (κ2) is 12.1. The maximum Gasteiger partial charge on any atom is 0.249 e. The lowest BCUT2D eigenvalue weighted by molar-refractivity contribution is -0.139. The van der Waals surface area contributed by atoms with Gasteiger partial charge in [0.1, 0.15) is 6.61 Å². The molecule has 5 heteroatoms. The molecule has 0 aromatic heterocycles. The summed E-state index contributed by atoms with van der Waals surface area (Å²) in [5.41, 5.74) is 3.67. The van der Waals surface area contributed by atoms with Crippen LogP contribution in [0, 0.1) is 24.7 Å². The Balaban J connectivity index is 1.45. The summed E-state index contributed by atoms with van der Waals surface area (Å²) >= 11 is 0. The molecule has 1 aromatic rings. The maximum absolute atomic E-state index is 12.5. The van der Waals surface area contributed by atoms with Crippen molar-refractivity contribution in [1.29, 1.82) is 0 Å². The zero-order chi connectivity index (χ0) is 24.8. The van der Waals surface area contributed by atoms with E-state index < -0.39 is 6.10 Å². The Morgan fingerprint density at radius 1 is 1.24 bits per heavy atom. The van der Waals surface area contributed by atoms with Gasteiger partial charge in [-0.15, -0.1) is 0 Å². The van der Waals surface area contributed by atoms with Gasteiger partial charge in [-0.1, -0.05) is 53.6 Å². The van der Waals surface area contributed by atoms with Gasteiger partial charge in [0.25, 0.3) is 0 Å². The fourth-order valence-electron chi connectivity index (χ4n) is 5.81. The molecule has 0 bridgehead atoms. The number of hydrogen-bond acceptors (Lipinski definition) is 4. The van der Waals surface area contributed by atoms with Crippen molar-refractivity contribution in [2.45, 2.75) is 84.6 Å². The number of ether oxygens (including phenoxy) is 1. The predicted octanol–water partition coefficient (Wildman–Crippen LogP) is 4.45. The first-order chi connectivity index (χ1) is 16.2. The molecule has 1 aromatic carbocycles. The van der Waals surface area contributed by atoms with Gasteiger partial charge < -0.3 is 19.8 Å². The van der Waals surface area contributed by atoms with Crippen LogP contribution in [-0.4, -0.2) is 58.5 Å². The monoisotopic (exact) mass is 469 g/mol. The van der Waals surface area contributed by atoms with Crippen molar-refractivity contribution >= 4 is 5.91 Å². The fraction of sp³-hybridized carbons (Fsp3) is 0.621. The van der Waals surface area contributed by atoms with E-state index in [4.69, 9.17) is 4.74 Å². The zero-order valence-corrected chi connectivity index (χ0v) is 21.5. The summed E-state index contributed by atoms with van der Waals surface area (Å²) < 4.78 is 5.72. The molecule has 0 saturated heterocycles. The zero-order valence-electron chi connectivity index (χ0n) is 21.5. The molecule has 1 saturated carbocycles. The van der Waals surface area contributed by atoms with Crippen LogP contribution in [-0.2, 0) is 16.0 Å². The summed E-state index contributed by atoms with van der Waals surface area (Å²) in [6, 6.07) is 8.54. The third-order valence-electron chi connectivity index (χ3n) is 7.23. The molecule has 0 radical (unpaired) electrons. The van der Waals surface area contributed by atoms with Crippen LogP contribution in [0.4, 0.5) is 0 Å². The van der Waals surface area contributed by atoms with E-state index in [2.05, 4.69) is 25.1 Å². The van der Waals surface area contributed by atoms with Crippen molar-refractivity contribution in [3.63, 3.8) is 0 Å². The number of allylic oxidation sites excluding steroid dienone is 1. The van der Waals surface area contributed by atoms with E-state index in [-0.39, 0.29) is 36.6 Å². The molecule has 2 aliphatic rings. The molecule has 5 atom stereocenters. The standard InChI is InChI=1S/C29H43NO4/c1-19(2)30(20(3)4)29(33)18-34-12-11-23-14-24-17-28(32)26(27(24)16-23)10-9-25(31)15-22-8-6-7-21(5)13-22/h6-10,13-14,19-20,24-28,31-32H,11-12,15-18H2,1-5H3/t24-,25-,26+,27-,28+/m0/s1. The molecule has 0 unspecified atom stereocenters. The molecule has 0 aliphatic heterocycles. The van der Waals surface area contributed by atoms with Gasteiger partial charge in [-0.05, 0) is 71.3 Å². The van der Waals surface area contributed by atoms with Gasteiger partial charge in [-0.3, -0.25) is 4.79 Å². The number of amides is 1. The number of carbonyl (C=O) groups excluding carboxylic acids is 1. The summed E-state index contributed by atoms with van der Waals surface area (Å²) in [5, 5.41) is 21.1. The molecule has 1 fully saturated rings. The number of fused-ring (bicyclic) bond motifs is 1. The molecule has 0 heterocycles. The van der Waals surface area contributed by atoms with Crippen molar-refractivity contribution < 1.29 is 19.7 Å². The SMILES string of the molecule is Cc1cccc(C[C@@H](O)C=C[C@@H]2[C@H]3CC(CCOCC(=O)N(C(C)C)C(C)C)=C[C@H]3C[C@H]2O)c1. The van der Waals surface area contributed by atoms with Gasteiger partial charge in [0.15, 0.2) is 0 Å². The van der Waals surface area contributed by atoms with E-state index in [1.807, 2.05) is 56.9 Å². The highest BCUT2D eigenvalue weighted by Gasteiger charge is 2.43. The van der Waals surface area contributed by atoms with Crippen molar-refractivity contribution in [3.8, 4) is 0 Å². The second-order valence-electron chi connectivity index (χ2n) is 10.7. The van der Waals surface area contributed by atoms with E-state index in [0.717, 1.165) is 24.8 Å². The summed E-state index contributed by atoms with van der Waals surface area (Å²) in [7, 11) is 0. The minimum absolute atomic E-state index is 0.0415. The van der Waals surface area contributed by atoms with Gasteiger partial charge in [-0.2, -0.15) is 0 Å². The first-order valence-corrected chi connectivity index (χ1v) is 12.8. The molecular formula is C29H43NO4. The van der Waals surface area contributed by atoms with E-state index >= 15 is 0 Å². The van der Waals surface area contributed by atoms with Crippen LogP contribution in [0.1, 0.15) is 58.1 Å². The summed E-state index contributed by atoms with van der Waals surface area (Å²) in [6.45, 7) is 10.8. The highest BCUT2D eigenvalue weighted by atomic mass is 16.5. The number of nitrogens with zero attached hydrogens (tertiary/aromatic N) is 1. The Labute approximate surface area is 205 Å². The molecule has 34 heavy (non-hydrogen) atoms. The highest BCUT2D eigenvalue weighted by molar-refractivity contribution is 5.78. The number of aryl methyl sites for hydroxylation is 1. The lowest BCUT2D eigenvalue weighted by Crippen LogP contribution is -2.44. The number of carbonyl (C=O) groups is 1. The van der Waals surface area contributed by atoms with Gasteiger partial charge in [0.2, 0.25) is 5.91 Å². The van der Waals surface area contributed by atoms with Crippen LogP contribution >= 0.6 is 0 Å². The number of benzene rings is 1. The van der Waals surface area contributed by atoms with Crippen LogP contribution in [0.2, 0.25) is 0 Å². The lowest BCUT2D eigenvalue weighted by atomic mass is 9.88. The molecule has 2 aliphatic carbocycles. The van der Waals surface area contributed by atoms with Crippen molar-refractivity contribution in [2.75, 3.05) is 13.2 Å². The molecule has 5 nitrogen and oxygen atoms in total. The maximum atomic E-state index is 12.5. The highest BCUT2D eigenvalue weighted by Crippen LogP contribution is 2.47. The van der Waals surface area contributed by atoms with Gasteiger partial charge in [0.05, 0.1) is 18.8 Å². The topological polar surface area (TPSA) is 70.0 Å². The Morgan fingerprint density at radius 2 is 1.97 bits per heavy atom. The molecule has 0 spiro atoms. The lowest BCUT2D eigenvalue weighted by Gasteiger charge is -2.30. The number of rotatable bonds is 11. The van der Waals surface area contributed by atoms with Crippen LogP contribution in [0.3, 0.4) is 0 Å². The van der Waals surface area contributed by atoms with Crippen LogP contribution in [0.25, 0.3) is 0 Å². The van der Waals surface area contributed by atoms with Gasteiger partial charge >= 0.3 is 0 Å². The van der Waals surface area contributed by atoms with E-state index in [0.29, 0.717) is 24.9 Å². The molecule has 188 valence electrons. The number of hydrogen-bond donors (Lipinski definition) is 2. The Hall–Kier alpha value is -1.95. The number of aliphatic hydroxyl groups excluding tert-OH is 2. The van der Waals surface area contributed by atoms with Gasteiger partial charge in [-0.25, -0.2) is 0 Å². The molecule has 3 rings (SSSR count). The van der Waals surface area contributed by atoms with E-state index in [9.17, 15) is 15.0 Å². The van der Waals surface area contributed by atoms with E-state index in [1.165, 1.54) is 11.1 Å². The first kappa shape index (κ1) is 26.7. The Kier molecular flexibility index (Phi) is 9.52. The van der Waals surface area contributed by atoms with Crippen molar-refractivity contribution in [2.24, 2.45) is 17.8 Å². The quantitative estimate of drug-likeness (QED) is 0.371. The van der Waals surface area contributed by atoms with Crippen molar-refractivity contribution in [1.82, 2.24) is 4.90 Å². The largest absolute Gasteiger partial charge is 0.392 e. The first-order valence-electron chi connectivity index (χ1n) is 12.8. The Morgan fingerprint density at radius 3 is 2.65 bits per heavy atom. The molecular weight excluding hydrogens is 426 g/mol. The van der Waals surface area contributed by atoms with Crippen LogP contribution in [0.15, 0.2) is 48.1 Å². The third kappa shape index (κ3) is 7.03. The van der Waals surface area contributed by atoms with Crippen LogP contribution in [0.5, 0.6) is 0 Å². The Bertz CT molecular complexity index is 867. The predicted molar refractivity (Wildman–Crippen MR) is 136 cm³/mol. The van der Waals surface area contributed by atoms with Gasteiger partial charge in [0, 0.05) is 24.4 Å².